The van der Waals surface area contributed by atoms with Crippen LogP contribution in [0.2, 0.25) is 20.6 Å². The minimum Gasteiger partial charge on any atom is -0.369 e. The summed E-state index contributed by atoms with van der Waals surface area (Å²) in [7, 11) is 0. The van der Waals surface area contributed by atoms with Gasteiger partial charge in [-0.3, -0.25) is 5.32 Å². The minimum absolute atomic E-state index is 0.0133. The summed E-state index contributed by atoms with van der Waals surface area (Å²) in [4.78, 5) is 19.2. The van der Waals surface area contributed by atoms with Crippen molar-refractivity contribution in [2.45, 2.75) is 0 Å². The second-order valence-corrected chi connectivity index (χ2v) is 4.82. The molecule has 0 spiro atoms. The molecule has 11 heteroatoms. The number of aliphatic imine (C=N–C) groups is 1. The zero-order chi connectivity index (χ0) is 14.7. The summed E-state index contributed by atoms with van der Waals surface area (Å²) in [6.45, 7) is 0. The summed E-state index contributed by atoms with van der Waals surface area (Å²) in [5, 5.41) is 3.17. The Bertz CT molecular complexity index is 635. The van der Waals surface area contributed by atoms with Gasteiger partial charge in [0.25, 0.3) is 5.95 Å². The molecule has 3 N–H and O–H groups in total. The topological polar surface area (TPSA) is 102 Å². The average Bonchev–Trinajstić information content (AvgIpc) is 2.24. The number of nitrogens with one attached hydrogen (secondary N) is 1. The summed E-state index contributed by atoms with van der Waals surface area (Å²) < 4.78 is 0. The van der Waals surface area contributed by atoms with Crippen LogP contribution in [0.25, 0.3) is 0 Å². The van der Waals surface area contributed by atoms with Gasteiger partial charge in [0.2, 0.25) is 11.9 Å². The molecule has 0 unspecified atom stereocenters. The molecule has 0 saturated carbocycles. The van der Waals surface area contributed by atoms with Crippen molar-refractivity contribution >= 4 is 64.3 Å². The van der Waals surface area contributed by atoms with Crippen molar-refractivity contribution in [3.05, 3.63) is 32.7 Å². The van der Waals surface area contributed by atoms with Gasteiger partial charge in [-0.1, -0.05) is 46.4 Å². The molecular formula is C9H5Cl4N7. The summed E-state index contributed by atoms with van der Waals surface area (Å²) in [6, 6.07) is 2.74. The lowest BCUT2D eigenvalue weighted by Crippen LogP contribution is -2.23. The molecule has 0 aliphatic rings. The standard InChI is InChI=1S/C9H5Cl4N7/c10-3-1-4(11)16-8(15-3)19-7(14)20-9-17-5(12)2-6(13)18-9/h1-2H,(H3,14,15,16,17,18,19,20). The maximum absolute atomic E-state index is 5.72. The van der Waals surface area contributed by atoms with Crippen LogP contribution in [0.1, 0.15) is 0 Å². The molecule has 7 nitrogen and oxygen atoms in total. The summed E-state index contributed by atoms with van der Waals surface area (Å²) in [5.41, 5.74) is 5.64. The maximum atomic E-state index is 5.72. The Labute approximate surface area is 133 Å². The highest BCUT2D eigenvalue weighted by Gasteiger charge is 2.05. The van der Waals surface area contributed by atoms with Gasteiger partial charge in [-0.2, -0.15) is 15.0 Å². The van der Waals surface area contributed by atoms with E-state index in [1.54, 1.807) is 0 Å². The van der Waals surface area contributed by atoms with Gasteiger partial charge in [0.15, 0.2) is 0 Å². The van der Waals surface area contributed by atoms with Crippen LogP contribution < -0.4 is 11.1 Å². The molecule has 0 bridgehead atoms. The number of hydrogen-bond acceptors (Lipinski definition) is 5. The van der Waals surface area contributed by atoms with Crippen LogP contribution >= 0.6 is 46.4 Å². The van der Waals surface area contributed by atoms with Crippen molar-refractivity contribution in [1.29, 1.82) is 0 Å². The second kappa shape index (κ2) is 6.36. The van der Waals surface area contributed by atoms with Crippen molar-refractivity contribution < 1.29 is 0 Å². The highest BCUT2D eigenvalue weighted by atomic mass is 35.5. The molecule has 104 valence electrons. The van der Waals surface area contributed by atoms with E-state index in [1.165, 1.54) is 12.1 Å². The van der Waals surface area contributed by atoms with Gasteiger partial charge in [-0.25, -0.2) is 9.97 Å². The first-order chi connectivity index (χ1) is 9.42. The van der Waals surface area contributed by atoms with E-state index >= 15 is 0 Å². The molecule has 0 amide bonds. The van der Waals surface area contributed by atoms with E-state index in [9.17, 15) is 0 Å². The van der Waals surface area contributed by atoms with Crippen LogP contribution in [0.3, 0.4) is 0 Å². The van der Waals surface area contributed by atoms with Gasteiger partial charge in [0.1, 0.15) is 20.6 Å². The molecule has 0 radical (unpaired) electrons. The normalized spacial score (nSPS) is 11.5. The monoisotopic (exact) mass is 351 g/mol. The zero-order valence-electron chi connectivity index (χ0n) is 9.48. The molecule has 2 aromatic heterocycles. The highest BCUT2D eigenvalue weighted by molar-refractivity contribution is 6.33. The third-order valence-corrected chi connectivity index (χ3v) is 2.55. The lowest BCUT2D eigenvalue weighted by Gasteiger charge is -2.04. The van der Waals surface area contributed by atoms with E-state index in [0.717, 1.165) is 0 Å². The van der Waals surface area contributed by atoms with Gasteiger partial charge < -0.3 is 5.73 Å². The first-order valence-electron chi connectivity index (χ1n) is 4.94. The van der Waals surface area contributed by atoms with Gasteiger partial charge >= 0.3 is 0 Å². The van der Waals surface area contributed by atoms with Gasteiger partial charge in [-0.15, -0.1) is 0 Å². The maximum Gasteiger partial charge on any atom is 0.255 e. The Kier molecular flexibility index (Phi) is 4.77. The lowest BCUT2D eigenvalue weighted by atomic mass is 10.6. The van der Waals surface area contributed by atoms with Crippen LogP contribution in [0, 0.1) is 0 Å². The van der Waals surface area contributed by atoms with Crippen molar-refractivity contribution in [3.8, 4) is 0 Å². The molecular weight excluding hydrogens is 348 g/mol. The van der Waals surface area contributed by atoms with E-state index in [1.807, 2.05) is 0 Å². The summed E-state index contributed by atoms with van der Waals surface area (Å²) in [6.07, 6.45) is 0. The Balaban J connectivity index is 2.22. The van der Waals surface area contributed by atoms with Gasteiger partial charge in [0, 0.05) is 12.1 Å². The smallest absolute Gasteiger partial charge is 0.255 e. The SMILES string of the molecule is N/C(=N\c1nc(Cl)cc(Cl)n1)Nc1nc(Cl)cc(Cl)n1. The first-order valence-corrected chi connectivity index (χ1v) is 6.45. The second-order valence-electron chi connectivity index (χ2n) is 3.27. The van der Waals surface area contributed by atoms with Gasteiger partial charge in [0.05, 0.1) is 0 Å². The summed E-state index contributed by atoms with van der Waals surface area (Å²) >= 11 is 22.9. The average molecular weight is 353 g/mol. The molecule has 0 atom stereocenters. The number of aromatic nitrogens is 4. The van der Waals surface area contributed by atoms with E-state index in [2.05, 4.69) is 30.2 Å². The minimum atomic E-state index is -0.0818. The van der Waals surface area contributed by atoms with Crippen LogP contribution in [0.4, 0.5) is 11.9 Å². The fourth-order valence-electron chi connectivity index (χ4n) is 1.13. The largest absolute Gasteiger partial charge is 0.369 e. The highest BCUT2D eigenvalue weighted by Crippen LogP contribution is 2.17. The summed E-state index contributed by atoms with van der Waals surface area (Å²) in [5.74, 6) is -0.0147. The zero-order valence-corrected chi connectivity index (χ0v) is 12.5. The third-order valence-electron chi connectivity index (χ3n) is 1.78. The van der Waals surface area contributed by atoms with Gasteiger partial charge in [-0.05, 0) is 0 Å². The molecule has 0 fully saturated rings. The Hall–Kier alpha value is -1.41. The van der Waals surface area contributed by atoms with Crippen LogP contribution in [-0.2, 0) is 0 Å². The van der Waals surface area contributed by atoms with E-state index < -0.39 is 0 Å². The molecule has 20 heavy (non-hydrogen) atoms. The molecule has 0 saturated heterocycles. The molecule has 2 heterocycles. The quantitative estimate of drug-likeness (QED) is 0.489. The number of nitrogens with two attached hydrogens (primary N) is 1. The molecule has 0 aromatic carbocycles. The molecule has 2 aromatic rings. The number of guanidine groups is 1. The number of hydrogen-bond donors (Lipinski definition) is 2. The van der Waals surface area contributed by atoms with E-state index in [-0.39, 0.29) is 38.5 Å². The van der Waals surface area contributed by atoms with E-state index in [4.69, 9.17) is 52.1 Å². The number of halogens is 4. The van der Waals surface area contributed by atoms with Crippen LogP contribution in [0.5, 0.6) is 0 Å². The Morgan fingerprint density at radius 2 is 1.35 bits per heavy atom. The Morgan fingerprint density at radius 1 is 0.900 bits per heavy atom. The molecule has 0 aliphatic carbocycles. The Morgan fingerprint density at radius 3 is 1.85 bits per heavy atom. The lowest BCUT2D eigenvalue weighted by molar-refractivity contribution is 1.12. The van der Waals surface area contributed by atoms with Crippen molar-refractivity contribution in [2.75, 3.05) is 5.32 Å². The van der Waals surface area contributed by atoms with Crippen LogP contribution in [-0.4, -0.2) is 25.9 Å². The molecule has 0 aliphatic heterocycles. The van der Waals surface area contributed by atoms with Crippen LogP contribution in [0.15, 0.2) is 17.1 Å². The number of anilines is 1. The fourth-order valence-corrected chi connectivity index (χ4v) is 1.96. The predicted octanol–water partition coefficient (Wildman–Crippen LogP) is 2.94. The van der Waals surface area contributed by atoms with Crippen molar-refractivity contribution in [1.82, 2.24) is 19.9 Å². The van der Waals surface area contributed by atoms with Crippen molar-refractivity contribution in [2.24, 2.45) is 10.7 Å². The fraction of sp³-hybridized carbons (Fsp3) is 0. The van der Waals surface area contributed by atoms with Crippen molar-refractivity contribution in [3.63, 3.8) is 0 Å². The predicted molar refractivity (Wildman–Crippen MR) is 79.0 cm³/mol. The number of rotatable bonds is 2. The number of nitrogens with zero attached hydrogens (tertiary/aromatic N) is 5. The third kappa shape index (κ3) is 4.31. The first kappa shape index (κ1) is 15.0. The molecule has 2 rings (SSSR count). The van der Waals surface area contributed by atoms with E-state index in [0.29, 0.717) is 0 Å².